The van der Waals surface area contributed by atoms with E-state index in [1.807, 2.05) is 13.8 Å². The van der Waals surface area contributed by atoms with Gasteiger partial charge in [0, 0.05) is 6.54 Å². The van der Waals surface area contributed by atoms with Gasteiger partial charge in [-0.2, -0.15) is 18.3 Å². The molecule has 0 saturated heterocycles. The predicted octanol–water partition coefficient (Wildman–Crippen LogP) is 2.95. The summed E-state index contributed by atoms with van der Waals surface area (Å²) in [6.07, 6.45) is -3.29. The SMILES string of the molecule is CC(C)CNC(=O)C(=O)N/N=C\c1ccc(OCC(=O)Nc2ccccc2C(F)(F)F)cc1. The minimum atomic E-state index is -4.60. The van der Waals surface area contributed by atoms with Gasteiger partial charge < -0.3 is 15.4 Å². The van der Waals surface area contributed by atoms with Crippen molar-refractivity contribution in [3.05, 3.63) is 59.7 Å². The topological polar surface area (TPSA) is 109 Å². The van der Waals surface area contributed by atoms with Gasteiger partial charge in [-0.25, -0.2) is 5.43 Å². The first-order valence-corrected chi connectivity index (χ1v) is 9.86. The summed E-state index contributed by atoms with van der Waals surface area (Å²) in [5.74, 6) is -1.95. The van der Waals surface area contributed by atoms with Crippen LogP contribution in [-0.2, 0) is 20.6 Å². The molecule has 0 radical (unpaired) electrons. The summed E-state index contributed by atoms with van der Waals surface area (Å²) in [5.41, 5.74) is 1.36. The Balaban J connectivity index is 1.83. The molecule has 3 N–H and O–H groups in total. The number of carbonyl (C=O) groups is 3. The van der Waals surface area contributed by atoms with E-state index in [9.17, 15) is 27.6 Å². The zero-order valence-electron chi connectivity index (χ0n) is 17.9. The van der Waals surface area contributed by atoms with Crippen LogP contribution in [0.5, 0.6) is 5.75 Å². The summed E-state index contributed by atoms with van der Waals surface area (Å²) in [6.45, 7) is 3.65. The Morgan fingerprint density at radius 1 is 1.03 bits per heavy atom. The van der Waals surface area contributed by atoms with Crippen LogP contribution in [-0.4, -0.2) is 37.1 Å². The van der Waals surface area contributed by atoms with Crippen molar-refractivity contribution in [3.8, 4) is 5.75 Å². The van der Waals surface area contributed by atoms with E-state index < -0.39 is 36.1 Å². The quantitative estimate of drug-likeness (QED) is 0.317. The van der Waals surface area contributed by atoms with Gasteiger partial charge in [-0.15, -0.1) is 0 Å². The number of hydrazone groups is 1. The predicted molar refractivity (Wildman–Crippen MR) is 116 cm³/mol. The number of hydrogen-bond donors (Lipinski definition) is 3. The zero-order chi connectivity index (χ0) is 24.4. The normalized spacial score (nSPS) is 11.3. The Morgan fingerprint density at radius 2 is 1.70 bits per heavy atom. The molecule has 33 heavy (non-hydrogen) atoms. The van der Waals surface area contributed by atoms with Crippen molar-refractivity contribution < 1.29 is 32.3 Å². The first-order valence-electron chi connectivity index (χ1n) is 9.86. The Bertz CT molecular complexity index is 1010. The number of rotatable bonds is 8. The number of nitrogens with zero attached hydrogens (tertiary/aromatic N) is 1. The van der Waals surface area contributed by atoms with Crippen LogP contribution in [0.25, 0.3) is 0 Å². The summed E-state index contributed by atoms with van der Waals surface area (Å²) in [6, 6.07) is 10.8. The van der Waals surface area contributed by atoms with E-state index in [1.165, 1.54) is 30.5 Å². The summed E-state index contributed by atoms with van der Waals surface area (Å²) in [5, 5.41) is 8.33. The van der Waals surface area contributed by atoms with Crippen molar-refractivity contribution in [1.29, 1.82) is 0 Å². The molecule has 0 fully saturated rings. The van der Waals surface area contributed by atoms with Crippen LogP contribution in [0.3, 0.4) is 0 Å². The lowest BCUT2D eigenvalue weighted by molar-refractivity contribution is -0.139. The maximum absolute atomic E-state index is 13.0. The van der Waals surface area contributed by atoms with Crippen LogP contribution in [0, 0.1) is 5.92 Å². The van der Waals surface area contributed by atoms with Gasteiger partial charge in [0.15, 0.2) is 6.61 Å². The second-order valence-corrected chi connectivity index (χ2v) is 7.25. The molecule has 2 aromatic rings. The molecule has 0 spiro atoms. The molecule has 176 valence electrons. The maximum Gasteiger partial charge on any atom is 0.418 e. The van der Waals surface area contributed by atoms with Crippen LogP contribution in [0.15, 0.2) is 53.6 Å². The van der Waals surface area contributed by atoms with Crippen molar-refractivity contribution in [2.45, 2.75) is 20.0 Å². The van der Waals surface area contributed by atoms with Crippen LogP contribution in [0.4, 0.5) is 18.9 Å². The molecule has 2 rings (SSSR count). The number of nitrogens with one attached hydrogen (secondary N) is 3. The van der Waals surface area contributed by atoms with Gasteiger partial charge in [-0.1, -0.05) is 26.0 Å². The Kier molecular flexibility index (Phi) is 8.96. The van der Waals surface area contributed by atoms with Gasteiger partial charge in [0.05, 0.1) is 17.5 Å². The van der Waals surface area contributed by atoms with E-state index in [1.54, 1.807) is 12.1 Å². The van der Waals surface area contributed by atoms with Crippen LogP contribution >= 0.6 is 0 Å². The Hall–Kier alpha value is -3.89. The third-order valence-corrected chi connectivity index (χ3v) is 4.01. The van der Waals surface area contributed by atoms with E-state index in [2.05, 4.69) is 21.2 Å². The molecule has 0 heterocycles. The fourth-order valence-corrected chi connectivity index (χ4v) is 2.42. The molecule has 0 aliphatic heterocycles. The number of para-hydroxylation sites is 1. The smallest absolute Gasteiger partial charge is 0.418 e. The fraction of sp³-hybridized carbons (Fsp3) is 0.273. The van der Waals surface area contributed by atoms with E-state index in [0.717, 1.165) is 12.1 Å². The second-order valence-electron chi connectivity index (χ2n) is 7.25. The highest BCUT2D eigenvalue weighted by molar-refractivity contribution is 6.35. The first kappa shape index (κ1) is 25.4. The van der Waals surface area contributed by atoms with Gasteiger partial charge in [-0.05, 0) is 47.9 Å². The second kappa shape index (κ2) is 11.7. The van der Waals surface area contributed by atoms with E-state index in [0.29, 0.717) is 17.9 Å². The molecule has 3 amide bonds. The number of halogens is 3. The number of ether oxygens (including phenoxy) is 1. The summed E-state index contributed by atoms with van der Waals surface area (Å²) >= 11 is 0. The minimum absolute atomic E-state index is 0.202. The number of anilines is 1. The molecule has 0 bridgehead atoms. The molecule has 2 aromatic carbocycles. The molecule has 11 heteroatoms. The van der Waals surface area contributed by atoms with Crippen molar-refractivity contribution in [1.82, 2.24) is 10.7 Å². The third-order valence-electron chi connectivity index (χ3n) is 4.01. The number of hydrogen-bond acceptors (Lipinski definition) is 5. The lowest BCUT2D eigenvalue weighted by Gasteiger charge is -2.13. The minimum Gasteiger partial charge on any atom is -0.484 e. The highest BCUT2D eigenvalue weighted by Gasteiger charge is 2.33. The monoisotopic (exact) mass is 464 g/mol. The molecule has 0 unspecified atom stereocenters. The fourth-order valence-electron chi connectivity index (χ4n) is 2.42. The molecule has 0 aliphatic rings. The van der Waals surface area contributed by atoms with Gasteiger partial charge in [0.2, 0.25) is 0 Å². The van der Waals surface area contributed by atoms with Crippen molar-refractivity contribution in [2.24, 2.45) is 11.0 Å². The van der Waals surface area contributed by atoms with Gasteiger partial charge in [0.1, 0.15) is 5.75 Å². The Labute approximate surface area is 188 Å². The number of alkyl halides is 3. The average molecular weight is 464 g/mol. The molecule has 0 saturated carbocycles. The van der Waals surface area contributed by atoms with Crippen molar-refractivity contribution >= 4 is 29.6 Å². The number of amides is 3. The maximum atomic E-state index is 13.0. The Morgan fingerprint density at radius 3 is 2.33 bits per heavy atom. The first-order chi connectivity index (χ1) is 15.6. The van der Waals surface area contributed by atoms with Crippen molar-refractivity contribution in [3.63, 3.8) is 0 Å². The highest BCUT2D eigenvalue weighted by atomic mass is 19.4. The largest absolute Gasteiger partial charge is 0.484 e. The zero-order valence-corrected chi connectivity index (χ0v) is 17.9. The lowest BCUT2D eigenvalue weighted by atomic mass is 10.1. The van der Waals surface area contributed by atoms with Crippen LogP contribution in [0.1, 0.15) is 25.0 Å². The van der Waals surface area contributed by atoms with Gasteiger partial charge >= 0.3 is 18.0 Å². The third kappa shape index (κ3) is 8.63. The van der Waals surface area contributed by atoms with E-state index >= 15 is 0 Å². The van der Waals surface area contributed by atoms with E-state index in [-0.39, 0.29) is 11.6 Å². The number of carbonyl (C=O) groups excluding carboxylic acids is 3. The highest BCUT2D eigenvalue weighted by Crippen LogP contribution is 2.34. The van der Waals surface area contributed by atoms with Crippen LogP contribution < -0.4 is 20.8 Å². The lowest BCUT2D eigenvalue weighted by Crippen LogP contribution is -2.39. The van der Waals surface area contributed by atoms with Gasteiger partial charge in [-0.3, -0.25) is 14.4 Å². The van der Waals surface area contributed by atoms with Gasteiger partial charge in [0.25, 0.3) is 5.91 Å². The number of benzene rings is 2. The van der Waals surface area contributed by atoms with E-state index in [4.69, 9.17) is 4.74 Å². The summed E-state index contributed by atoms with van der Waals surface area (Å²) in [4.78, 5) is 35.1. The summed E-state index contributed by atoms with van der Waals surface area (Å²) in [7, 11) is 0. The molecular weight excluding hydrogens is 441 g/mol. The van der Waals surface area contributed by atoms with Crippen LogP contribution in [0.2, 0.25) is 0 Å². The average Bonchev–Trinajstić information content (AvgIpc) is 2.76. The summed E-state index contributed by atoms with van der Waals surface area (Å²) < 4.78 is 44.2. The molecule has 8 nitrogen and oxygen atoms in total. The standard InChI is InChI=1S/C22H23F3N4O4/c1-14(2)11-26-20(31)21(32)29-27-12-15-7-9-16(10-8-15)33-13-19(30)28-18-6-4-3-5-17(18)22(23,24)25/h3-10,12,14H,11,13H2,1-2H3,(H,26,31)(H,28,30)(H,29,32)/b27-12-. The molecule has 0 aliphatic carbocycles. The molecule has 0 atom stereocenters. The molecule has 0 aromatic heterocycles. The molecular formula is C22H23F3N4O4. The van der Waals surface area contributed by atoms with Crippen molar-refractivity contribution in [2.75, 3.05) is 18.5 Å².